The Kier molecular flexibility index (Phi) is 2.84. The first-order chi connectivity index (χ1) is 6.92. The monoisotopic (exact) mass is 188 g/mol. The van der Waals surface area contributed by atoms with Crippen molar-refractivity contribution in [3.63, 3.8) is 0 Å². The maximum Gasteiger partial charge on any atom is 0.0261 e. The number of hydrogen-bond donors (Lipinski definition) is 2. The summed E-state index contributed by atoms with van der Waals surface area (Å²) in [5, 5.41) is 3.17. The van der Waals surface area contributed by atoms with E-state index in [0.717, 1.165) is 19.4 Å². The summed E-state index contributed by atoms with van der Waals surface area (Å²) in [6.45, 7) is 1.03. The van der Waals surface area contributed by atoms with Crippen LogP contribution in [0.2, 0.25) is 0 Å². The summed E-state index contributed by atoms with van der Waals surface area (Å²) in [6.07, 6.45) is 12.8. The number of likely N-dealkylation sites (N-methyl/N-ethyl adjacent to an activating group) is 1. The molecule has 1 aliphatic rings. The topological polar surface area (TPSA) is 27.8 Å². The van der Waals surface area contributed by atoms with E-state index in [0.29, 0.717) is 0 Å². The van der Waals surface area contributed by atoms with Crippen molar-refractivity contribution in [1.82, 2.24) is 10.3 Å². The molecule has 74 valence electrons. The number of aromatic amines is 1. The average Bonchev–Trinajstić information content (AvgIpc) is 2.45. The fourth-order valence-electron chi connectivity index (χ4n) is 1.78. The molecule has 0 aliphatic heterocycles. The van der Waals surface area contributed by atoms with E-state index in [1.807, 2.05) is 7.05 Å². The molecule has 2 N–H and O–H groups in total. The van der Waals surface area contributed by atoms with E-state index in [1.54, 1.807) is 0 Å². The van der Waals surface area contributed by atoms with Gasteiger partial charge in [-0.15, -0.1) is 0 Å². The molecule has 1 aliphatic carbocycles. The molecule has 0 bridgehead atoms. The van der Waals surface area contributed by atoms with Gasteiger partial charge >= 0.3 is 0 Å². The van der Waals surface area contributed by atoms with Gasteiger partial charge in [0.1, 0.15) is 0 Å². The van der Waals surface area contributed by atoms with Crippen LogP contribution in [-0.2, 0) is 12.8 Å². The lowest BCUT2D eigenvalue weighted by atomic mass is 10.1. The predicted molar refractivity (Wildman–Crippen MR) is 60.3 cm³/mol. The van der Waals surface area contributed by atoms with Crippen molar-refractivity contribution in [3.8, 4) is 0 Å². The summed E-state index contributed by atoms with van der Waals surface area (Å²) < 4.78 is 0. The first-order valence-corrected chi connectivity index (χ1v) is 5.08. The molecule has 0 radical (unpaired) electrons. The van der Waals surface area contributed by atoms with Gasteiger partial charge in [0.25, 0.3) is 0 Å². The molecule has 0 unspecified atom stereocenters. The smallest absolute Gasteiger partial charge is 0.0261 e. The van der Waals surface area contributed by atoms with Crippen molar-refractivity contribution in [2.24, 2.45) is 0 Å². The lowest BCUT2D eigenvalue weighted by molar-refractivity contribution is 0.791. The van der Waals surface area contributed by atoms with Crippen LogP contribution in [0.3, 0.4) is 0 Å². The third-order valence-corrected chi connectivity index (χ3v) is 2.57. The van der Waals surface area contributed by atoms with Gasteiger partial charge in [-0.3, -0.25) is 0 Å². The van der Waals surface area contributed by atoms with Gasteiger partial charge < -0.3 is 10.3 Å². The van der Waals surface area contributed by atoms with Crippen LogP contribution in [0.1, 0.15) is 16.8 Å². The van der Waals surface area contributed by atoms with Gasteiger partial charge in [-0.1, -0.05) is 24.3 Å². The number of fused-ring (bicyclic) bond motifs is 1. The SMILES string of the molecule is CNCCc1c[nH]c2c1C=CC=CC2. The zero-order valence-corrected chi connectivity index (χ0v) is 8.51. The van der Waals surface area contributed by atoms with Crippen molar-refractivity contribution in [3.05, 3.63) is 41.2 Å². The Morgan fingerprint density at radius 3 is 3.21 bits per heavy atom. The van der Waals surface area contributed by atoms with Crippen LogP contribution in [0.25, 0.3) is 6.08 Å². The standard InChI is InChI=1S/C12H16N2/c1-13-8-7-10-9-14-12-6-4-2-3-5-11(10)12/h2-5,9,13-14H,6-8H2,1H3. The molecule has 0 amide bonds. The highest BCUT2D eigenvalue weighted by atomic mass is 14.8. The molecule has 2 heteroatoms. The van der Waals surface area contributed by atoms with Crippen molar-refractivity contribution in [2.45, 2.75) is 12.8 Å². The van der Waals surface area contributed by atoms with Crippen molar-refractivity contribution < 1.29 is 0 Å². The second kappa shape index (κ2) is 4.29. The highest BCUT2D eigenvalue weighted by Crippen LogP contribution is 2.19. The number of aromatic nitrogens is 1. The van der Waals surface area contributed by atoms with Gasteiger partial charge in [0.05, 0.1) is 0 Å². The molecule has 2 rings (SSSR count). The fraction of sp³-hybridized carbons (Fsp3) is 0.333. The van der Waals surface area contributed by atoms with Gasteiger partial charge in [-0.2, -0.15) is 0 Å². The minimum Gasteiger partial charge on any atom is -0.364 e. The second-order valence-electron chi connectivity index (χ2n) is 3.55. The van der Waals surface area contributed by atoms with E-state index in [2.05, 4.69) is 40.8 Å². The van der Waals surface area contributed by atoms with Crippen LogP contribution in [0.15, 0.2) is 24.4 Å². The largest absolute Gasteiger partial charge is 0.364 e. The third-order valence-electron chi connectivity index (χ3n) is 2.57. The molecule has 0 aromatic carbocycles. The van der Waals surface area contributed by atoms with E-state index < -0.39 is 0 Å². The van der Waals surface area contributed by atoms with Gasteiger partial charge in [-0.25, -0.2) is 0 Å². The molecule has 0 saturated heterocycles. The Bertz CT molecular complexity index is 358. The first-order valence-electron chi connectivity index (χ1n) is 5.08. The van der Waals surface area contributed by atoms with E-state index in [1.165, 1.54) is 16.8 Å². The predicted octanol–water partition coefficient (Wildman–Crippen LogP) is 1.90. The zero-order chi connectivity index (χ0) is 9.80. The van der Waals surface area contributed by atoms with E-state index in [9.17, 15) is 0 Å². The molecule has 14 heavy (non-hydrogen) atoms. The zero-order valence-electron chi connectivity index (χ0n) is 8.51. The van der Waals surface area contributed by atoms with Gasteiger partial charge in [0, 0.05) is 18.3 Å². The van der Waals surface area contributed by atoms with Gasteiger partial charge in [0.15, 0.2) is 0 Å². The van der Waals surface area contributed by atoms with Gasteiger partial charge in [0.2, 0.25) is 0 Å². The Balaban J connectivity index is 2.22. The average molecular weight is 188 g/mol. The van der Waals surface area contributed by atoms with Crippen LogP contribution in [0.4, 0.5) is 0 Å². The Morgan fingerprint density at radius 2 is 2.36 bits per heavy atom. The summed E-state index contributed by atoms with van der Waals surface area (Å²) >= 11 is 0. The molecule has 1 aromatic rings. The summed E-state index contributed by atoms with van der Waals surface area (Å²) in [5.41, 5.74) is 4.13. The highest BCUT2D eigenvalue weighted by molar-refractivity contribution is 5.59. The number of rotatable bonds is 3. The summed E-state index contributed by atoms with van der Waals surface area (Å²) in [7, 11) is 1.99. The van der Waals surface area contributed by atoms with Crippen LogP contribution >= 0.6 is 0 Å². The molecule has 0 saturated carbocycles. The fourth-order valence-corrected chi connectivity index (χ4v) is 1.78. The highest BCUT2D eigenvalue weighted by Gasteiger charge is 2.07. The number of allylic oxidation sites excluding steroid dienone is 3. The molecular weight excluding hydrogens is 172 g/mol. The maximum absolute atomic E-state index is 3.34. The molecular formula is C12H16N2. The Morgan fingerprint density at radius 1 is 1.43 bits per heavy atom. The number of nitrogens with one attached hydrogen (secondary N) is 2. The number of hydrogen-bond acceptors (Lipinski definition) is 1. The molecule has 1 aromatic heterocycles. The van der Waals surface area contributed by atoms with E-state index in [4.69, 9.17) is 0 Å². The molecule has 0 spiro atoms. The number of H-pyrrole nitrogens is 1. The minimum absolute atomic E-state index is 1.02. The lowest BCUT2D eigenvalue weighted by Gasteiger charge is -2.00. The van der Waals surface area contributed by atoms with Crippen molar-refractivity contribution in [1.29, 1.82) is 0 Å². The molecule has 0 atom stereocenters. The van der Waals surface area contributed by atoms with E-state index >= 15 is 0 Å². The Labute approximate surface area is 84.7 Å². The molecule has 1 heterocycles. The molecule has 2 nitrogen and oxygen atoms in total. The van der Waals surface area contributed by atoms with E-state index in [-0.39, 0.29) is 0 Å². The van der Waals surface area contributed by atoms with Crippen LogP contribution in [0, 0.1) is 0 Å². The Hall–Kier alpha value is -1.28. The minimum atomic E-state index is 1.02. The summed E-state index contributed by atoms with van der Waals surface area (Å²) in [5.74, 6) is 0. The first kappa shape index (κ1) is 9.28. The summed E-state index contributed by atoms with van der Waals surface area (Å²) in [4.78, 5) is 3.34. The van der Waals surface area contributed by atoms with Crippen molar-refractivity contribution >= 4 is 6.08 Å². The normalized spacial score (nSPS) is 14.1. The van der Waals surface area contributed by atoms with Crippen LogP contribution in [0.5, 0.6) is 0 Å². The lowest BCUT2D eigenvalue weighted by Crippen LogP contribution is -2.10. The maximum atomic E-state index is 3.34. The third kappa shape index (κ3) is 1.80. The van der Waals surface area contributed by atoms with Crippen LogP contribution in [-0.4, -0.2) is 18.6 Å². The van der Waals surface area contributed by atoms with Gasteiger partial charge in [-0.05, 0) is 31.1 Å². The molecule has 0 fully saturated rings. The quantitative estimate of drug-likeness (QED) is 0.745. The second-order valence-corrected chi connectivity index (χ2v) is 3.55. The van der Waals surface area contributed by atoms with Crippen molar-refractivity contribution in [2.75, 3.05) is 13.6 Å². The summed E-state index contributed by atoms with van der Waals surface area (Å²) in [6, 6.07) is 0. The van der Waals surface area contributed by atoms with Crippen LogP contribution < -0.4 is 5.32 Å².